The van der Waals surface area contributed by atoms with Crippen LogP contribution in [0.25, 0.3) is 27.6 Å². The van der Waals surface area contributed by atoms with Crippen molar-refractivity contribution in [2.75, 3.05) is 5.32 Å². The monoisotopic (exact) mass is 413 g/mol. The van der Waals surface area contributed by atoms with Gasteiger partial charge in [-0.25, -0.2) is 9.97 Å². The summed E-state index contributed by atoms with van der Waals surface area (Å²) in [5.41, 5.74) is 13.6. The van der Waals surface area contributed by atoms with E-state index in [4.69, 9.17) is 15.7 Å². The van der Waals surface area contributed by atoms with E-state index in [1.807, 2.05) is 6.92 Å². The summed E-state index contributed by atoms with van der Waals surface area (Å²) in [7, 11) is 0. The van der Waals surface area contributed by atoms with Gasteiger partial charge in [0.05, 0.1) is 16.6 Å². The van der Waals surface area contributed by atoms with Crippen LogP contribution in [0, 0.1) is 27.7 Å². The first-order valence-electron chi connectivity index (χ1n) is 11.3. The lowest BCUT2D eigenvalue weighted by molar-refractivity contribution is 0.403. The number of aryl methyl sites for hydroxylation is 4. The molecule has 1 saturated carbocycles. The molecule has 5 rings (SSSR count). The normalized spacial score (nSPS) is 19.3. The predicted molar refractivity (Wildman–Crippen MR) is 129 cm³/mol. The van der Waals surface area contributed by atoms with E-state index >= 15 is 0 Å². The Balaban J connectivity index is 1.81. The summed E-state index contributed by atoms with van der Waals surface area (Å²) < 4.78 is 2.31. The summed E-state index contributed by atoms with van der Waals surface area (Å²) in [6.45, 7) is 8.49. The lowest BCUT2D eigenvalue weighted by Crippen LogP contribution is -2.42. The highest BCUT2D eigenvalue weighted by Crippen LogP contribution is 2.37. The van der Waals surface area contributed by atoms with Gasteiger partial charge in [0, 0.05) is 17.5 Å². The summed E-state index contributed by atoms with van der Waals surface area (Å²) in [5, 5.41) is 5.97. The number of fused-ring (bicyclic) bond motifs is 3. The Bertz CT molecular complexity index is 1260. The molecule has 4 aromatic rings. The number of rotatable bonds is 3. The summed E-state index contributed by atoms with van der Waals surface area (Å²) >= 11 is 0. The highest BCUT2D eigenvalue weighted by atomic mass is 15.1. The summed E-state index contributed by atoms with van der Waals surface area (Å²) in [6, 6.07) is 13.5. The van der Waals surface area contributed by atoms with E-state index in [9.17, 15) is 0 Å². The number of nitrogens with one attached hydrogen (secondary N) is 1. The second kappa shape index (κ2) is 7.65. The van der Waals surface area contributed by atoms with Gasteiger partial charge in [-0.3, -0.25) is 4.57 Å². The Hall–Kier alpha value is -2.92. The average Bonchev–Trinajstić information content (AvgIpc) is 3.03. The first-order chi connectivity index (χ1) is 14.9. The molecule has 1 aliphatic carbocycles. The highest BCUT2D eigenvalue weighted by Gasteiger charge is 2.25. The lowest BCUT2D eigenvalue weighted by atomic mass is 9.91. The number of aromatic nitrogens is 3. The minimum absolute atomic E-state index is 0.161. The fourth-order valence-electron chi connectivity index (χ4n) is 5.33. The van der Waals surface area contributed by atoms with Gasteiger partial charge in [0.2, 0.25) is 0 Å². The van der Waals surface area contributed by atoms with Gasteiger partial charge in [0.25, 0.3) is 0 Å². The number of nitrogens with zero attached hydrogens (tertiary/aromatic N) is 3. The minimum atomic E-state index is 0.161. The predicted octanol–water partition coefficient (Wildman–Crippen LogP) is 5.49. The summed E-state index contributed by atoms with van der Waals surface area (Å²) in [6.07, 6.45) is 4.57. The summed E-state index contributed by atoms with van der Waals surface area (Å²) in [4.78, 5) is 9.80. The molecule has 2 unspecified atom stereocenters. The van der Waals surface area contributed by atoms with E-state index in [0.29, 0.717) is 0 Å². The van der Waals surface area contributed by atoms with Gasteiger partial charge in [0.15, 0.2) is 5.65 Å². The van der Waals surface area contributed by atoms with Crippen molar-refractivity contribution in [2.24, 2.45) is 5.73 Å². The van der Waals surface area contributed by atoms with Gasteiger partial charge in [-0.15, -0.1) is 0 Å². The molecule has 5 nitrogen and oxygen atoms in total. The first kappa shape index (κ1) is 20.0. The molecule has 5 heteroatoms. The molecule has 2 heterocycles. The van der Waals surface area contributed by atoms with Gasteiger partial charge < -0.3 is 11.1 Å². The molecular formula is C26H31N5. The van der Waals surface area contributed by atoms with Crippen LogP contribution in [0.2, 0.25) is 0 Å². The molecule has 2 aromatic heterocycles. The van der Waals surface area contributed by atoms with Crippen LogP contribution in [0.1, 0.15) is 48.2 Å². The first-order valence-corrected chi connectivity index (χ1v) is 11.3. The molecule has 1 fully saturated rings. The Morgan fingerprint density at radius 1 is 0.968 bits per heavy atom. The van der Waals surface area contributed by atoms with Gasteiger partial charge in [-0.2, -0.15) is 0 Å². The Morgan fingerprint density at radius 2 is 1.68 bits per heavy atom. The van der Waals surface area contributed by atoms with Crippen LogP contribution in [-0.4, -0.2) is 26.6 Å². The summed E-state index contributed by atoms with van der Waals surface area (Å²) in [5.74, 6) is 1.67. The van der Waals surface area contributed by atoms with Gasteiger partial charge in [0.1, 0.15) is 11.6 Å². The van der Waals surface area contributed by atoms with E-state index in [1.165, 1.54) is 40.6 Å². The lowest BCUT2D eigenvalue weighted by Gasteiger charge is -2.30. The Kier molecular flexibility index (Phi) is 4.94. The zero-order chi connectivity index (χ0) is 21.7. The van der Waals surface area contributed by atoms with E-state index < -0.39 is 0 Å². The third kappa shape index (κ3) is 3.37. The molecule has 160 valence electrons. The topological polar surface area (TPSA) is 68.8 Å². The van der Waals surface area contributed by atoms with E-state index in [0.717, 1.165) is 41.0 Å². The van der Waals surface area contributed by atoms with Crippen molar-refractivity contribution in [3.05, 3.63) is 58.9 Å². The standard InChI is InChI=1S/C26H31N5/c1-15-13-16(2)24(17(3)14-15)31-22-12-8-5-9-19(22)23-25(28-18(4)29-26(23)31)30-21-11-7-6-10-20(21)27/h5,8-9,12-14,20-21H,6-7,10-11,27H2,1-4H3,(H,28,29,30). The second-order valence-corrected chi connectivity index (χ2v) is 9.12. The average molecular weight is 414 g/mol. The number of nitrogens with two attached hydrogens (primary N) is 1. The van der Waals surface area contributed by atoms with Crippen LogP contribution in [0.5, 0.6) is 0 Å². The van der Waals surface area contributed by atoms with Crippen molar-refractivity contribution >= 4 is 27.8 Å². The zero-order valence-electron chi connectivity index (χ0n) is 18.9. The Labute approximate surface area is 183 Å². The molecule has 2 aromatic carbocycles. The largest absolute Gasteiger partial charge is 0.365 e. The van der Waals surface area contributed by atoms with Gasteiger partial charge in [-0.05, 0) is 57.7 Å². The number of benzene rings is 2. The van der Waals surface area contributed by atoms with Crippen LogP contribution >= 0.6 is 0 Å². The second-order valence-electron chi connectivity index (χ2n) is 9.12. The maximum Gasteiger partial charge on any atom is 0.151 e. The molecule has 0 bridgehead atoms. The fourth-order valence-corrected chi connectivity index (χ4v) is 5.33. The van der Waals surface area contributed by atoms with E-state index in [1.54, 1.807) is 0 Å². The van der Waals surface area contributed by atoms with Crippen molar-refractivity contribution in [3.63, 3.8) is 0 Å². The zero-order valence-corrected chi connectivity index (χ0v) is 18.9. The van der Waals surface area contributed by atoms with Crippen LogP contribution in [0.3, 0.4) is 0 Å². The molecule has 0 saturated heterocycles. The van der Waals surface area contributed by atoms with Crippen molar-refractivity contribution < 1.29 is 0 Å². The number of hydrogen-bond donors (Lipinski definition) is 2. The number of para-hydroxylation sites is 1. The molecule has 2 atom stereocenters. The van der Waals surface area contributed by atoms with Crippen molar-refractivity contribution in [3.8, 4) is 5.69 Å². The maximum atomic E-state index is 6.46. The third-order valence-corrected chi connectivity index (χ3v) is 6.63. The third-order valence-electron chi connectivity index (χ3n) is 6.63. The SMILES string of the molecule is Cc1cc(C)c(-n2c3ccccc3c3c(NC4CCCCC4N)nc(C)nc32)c(C)c1. The smallest absolute Gasteiger partial charge is 0.151 e. The molecule has 0 amide bonds. The molecule has 0 aliphatic heterocycles. The van der Waals surface area contributed by atoms with Crippen LogP contribution in [-0.2, 0) is 0 Å². The molecule has 1 aliphatic rings. The molecule has 3 N–H and O–H groups in total. The number of anilines is 1. The molecule has 0 radical (unpaired) electrons. The van der Waals surface area contributed by atoms with E-state index in [2.05, 4.69) is 67.1 Å². The molecule has 31 heavy (non-hydrogen) atoms. The van der Waals surface area contributed by atoms with Crippen LogP contribution in [0.4, 0.5) is 5.82 Å². The minimum Gasteiger partial charge on any atom is -0.365 e. The highest BCUT2D eigenvalue weighted by molar-refractivity contribution is 6.13. The van der Waals surface area contributed by atoms with Gasteiger partial charge >= 0.3 is 0 Å². The van der Waals surface area contributed by atoms with Crippen molar-refractivity contribution in [1.82, 2.24) is 14.5 Å². The maximum absolute atomic E-state index is 6.46. The quantitative estimate of drug-likeness (QED) is 0.466. The molecule has 0 spiro atoms. The van der Waals surface area contributed by atoms with Crippen molar-refractivity contribution in [2.45, 2.75) is 65.5 Å². The van der Waals surface area contributed by atoms with Gasteiger partial charge in [-0.1, -0.05) is 48.7 Å². The van der Waals surface area contributed by atoms with E-state index in [-0.39, 0.29) is 12.1 Å². The Morgan fingerprint density at radius 3 is 2.42 bits per heavy atom. The van der Waals surface area contributed by atoms with Crippen LogP contribution in [0.15, 0.2) is 36.4 Å². The number of hydrogen-bond acceptors (Lipinski definition) is 4. The van der Waals surface area contributed by atoms with Crippen molar-refractivity contribution in [1.29, 1.82) is 0 Å². The van der Waals surface area contributed by atoms with Crippen LogP contribution < -0.4 is 11.1 Å². The molecular weight excluding hydrogens is 382 g/mol. The fraction of sp³-hybridized carbons (Fsp3) is 0.385.